The number of nitrogens with zero attached hydrogens (tertiary/aromatic N) is 4. The van der Waals surface area contributed by atoms with Gasteiger partial charge in [0.05, 0.1) is 0 Å². The number of nitrogen functional groups attached to an aromatic ring is 1. The van der Waals surface area contributed by atoms with Crippen LogP contribution in [0.5, 0.6) is 0 Å². The Morgan fingerprint density at radius 1 is 1.27 bits per heavy atom. The lowest BCUT2D eigenvalue weighted by atomic mass is 9.96. The average molecular weight is 206 g/mol. The molecule has 0 aromatic carbocycles. The summed E-state index contributed by atoms with van der Waals surface area (Å²) in [7, 11) is 0. The van der Waals surface area contributed by atoms with Gasteiger partial charge in [-0.15, -0.1) is 15.3 Å². The Balaban J connectivity index is 2.67. The van der Waals surface area contributed by atoms with Gasteiger partial charge in [-0.1, -0.05) is 20.8 Å². The fraction of sp³-hybridized carbons (Fsp3) is 0.444. The van der Waals surface area contributed by atoms with Gasteiger partial charge in [-0.3, -0.25) is 0 Å². The SMILES string of the molecule is CC(C)(C)c1nnc2ccc(NN)nn12. The molecule has 0 aliphatic heterocycles. The highest BCUT2D eigenvalue weighted by Crippen LogP contribution is 2.20. The Labute approximate surface area is 87.5 Å². The van der Waals surface area contributed by atoms with Gasteiger partial charge in [0.15, 0.2) is 17.3 Å². The van der Waals surface area contributed by atoms with E-state index in [1.54, 1.807) is 10.6 Å². The van der Waals surface area contributed by atoms with Gasteiger partial charge in [-0.25, -0.2) is 5.84 Å². The molecule has 0 spiro atoms. The molecule has 2 heterocycles. The molecule has 6 heteroatoms. The highest BCUT2D eigenvalue weighted by molar-refractivity contribution is 5.43. The van der Waals surface area contributed by atoms with Gasteiger partial charge in [0.1, 0.15) is 0 Å². The van der Waals surface area contributed by atoms with Crippen molar-refractivity contribution in [3.8, 4) is 0 Å². The molecule has 80 valence electrons. The molecule has 0 aliphatic carbocycles. The maximum atomic E-state index is 5.30. The lowest BCUT2D eigenvalue weighted by molar-refractivity contribution is 0.527. The minimum atomic E-state index is -0.0976. The Kier molecular flexibility index (Phi) is 2.08. The Morgan fingerprint density at radius 2 is 2.00 bits per heavy atom. The molecule has 0 amide bonds. The largest absolute Gasteiger partial charge is 0.307 e. The number of fused-ring (bicyclic) bond motifs is 1. The van der Waals surface area contributed by atoms with Crippen LogP contribution in [0.1, 0.15) is 26.6 Å². The zero-order chi connectivity index (χ0) is 11.1. The van der Waals surface area contributed by atoms with Crippen LogP contribution in [0.4, 0.5) is 5.82 Å². The first-order valence-corrected chi connectivity index (χ1v) is 4.72. The van der Waals surface area contributed by atoms with Gasteiger partial charge < -0.3 is 5.43 Å². The average Bonchev–Trinajstić information content (AvgIpc) is 2.59. The van der Waals surface area contributed by atoms with E-state index in [9.17, 15) is 0 Å². The van der Waals surface area contributed by atoms with Gasteiger partial charge in [0.25, 0.3) is 0 Å². The molecular weight excluding hydrogens is 192 g/mol. The highest BCUT2D eigenvalue weighted by Gasteiger charge is 2.21. The number of rotatable bonds is 1. The molecule has 0 saturated carbocycles. The summed E-state index contributed by atoms with van der Waals surface area (Å²) in [6.45, 7) is 6.19. The summed E-state index contributed by atoms with van der Waals surface area (Å²) in [6, 6.07) is 3.58. The van der Waals surface area contributed by atoms with E-state index in [2.05, 4.69) is 41.5 Å². The van der Waals surface area contributed by atoms with Crippen molar-refractivity contribution in [2.24, 2.45) is 5.84 Å². The zero-order valence-electron chi connectivity index (χ0n) is 9.02. The maximum Gasteiger partial charge on any atom is 0.178 e. The van der Waals surface area contributed by atoms with Crippen molar-refractivity contribution in [3.05, 3.63) is 18.0 Å². The second kappa shape index (κ2) is 3.16. The second-order valence-electron chi connectivity index (χ2n) is 4.41. The summed E-state index contributed by atoms with van der Waals surface area (Å²) >= 11 is 0. The van der Waals surface area contributed by atoms with E-state index in [0.29, 0.717) is 5.82 Å². The Morgan fingerprint density at radius 3 is 2.60 bits per heavy atom. The standard InChI is InChI=1S/C9H14N6/c1-9(2,3)8-13-12-7-5-4-6(11-10)14-15(7)8/h4-5H,10H2,1-3H3,(H,11,14). The first kappa shape index (κ1) is 9.85. The van der Waals surface area contributed by atoms with Crippen LogP contribution in [0.25, 0.3) is 5.65 Å². The van der Waals surface area contributed by atoms with Gasteiger partial charge >= 0.3 is 0 Å². The molecule has 0 bridgehead atoms. The lowest BCUT2D eigenvalue weighted by Gasteiger charge is -2.14. The predicted octanol–water partition coefficient (Wildman–Crippen LogP) is 0.707. The van der Waals surface area contributed by atoms with Crippen LogP contribution in [0.3, 0.4) is 0 Å². The molecule has 3 N–H and O–H groups in total. The summed E-state index contributed by atoms with van der Waals surface area (Å²) in [5.74, 6) is 6.71. The molecule has 6 nitrogen and oxygen atoms in total. The molecule has 2 rings (SSSR count). The predicted molar refractivity (Wildman–Crippen MR) is 57.3 cm³/mol. The number of nitrogens with two attached hydrogens (primary N) is 1. The number of hydrogen-bond acceptors (Lipinski definition) is 5. The normalized spacial score (nSPS) is 12.0. The zero-order valence-corrected chi connectivity index (χ0v) is 9.02. The monoisotopic (exact) mass is 206 g/mol. The minimum Gasteiger partial charge on any atom is -0.307 e. The van der Waals surface area contributed by atoms with E-state index in [-0.39, 0.29) is 5.41 Å². The highest BCUT2D eigenvalue weighted by atomic mass is 15.4. The van der Waals surface area contributed by atoms with Gasteiger partial charge in [-0.2, -0.15) is 4.52 Å². The Bertz CT molecular complexity index is 481. The minimum absolute atomic E-state index is 0.0976. The summed E-state index contributed by atoms with van der Waals surface area (Å²) in [5.41, 5.74) is 3.12. The van der Waals surface area contributed by atoms with E-state index in [1.165, 1.54) is 0 Å². The van der Waals surface area contributed by atoms with Crippen LogP contribution in [0.15, 0.2) is 12.1 Å². The summed E-state index contributed by atoms with van der Waals surface area (Å²) in [5, 5.41) is 12.4. The van der Waals surface area contributed by atoms with E-state index >= 15 is 0 Å². The van der Waals surface area contributed by atoms with Crippen molar-refractivity contribution >= 4 is 11.5 Å². The fourth-order valence-corrected chi connectivity index (χ4v) is 1.33. The molecule has 0 aliphatic rings. The van der Waals surface area contributed by atoms with Crippen LogP contribution in [0.2, 0.25) is 0 Å². The molecule has 2 aromatic rings. The molecule has 2 aromatic heterocycles. The number of anilines is 1. The first-order valence-electron chi connectivity index (χ1n) is 4.72. The first-order chi connectivity index (χ1) is 7.02. The van der Waals surface area contributed by atoms with Gasteiger partial charge in [0, 0.05) is 5.41 Å². The lowest BCUT2D eigenvalue weighted by Crippen LogP contribution is -2.18. The smallest absolute Gasteiger partial charge is 0.178 e. The number of aromatic nitrogens is 4. The second-order valence-corrected chi connectivity index (χ2v) is 4.41. The number of nitrogens with one attached hydrogen (secondary N) is 1. The maximum absolute atomic E-state index is 5.30. The van der Waals surface area contributed by atoms with Gasteiger partial charge in [0.2, 0.25) is 0 Å². The summed E-state index contributed by atoms with van der Waals surface area (Å²) in [4.78, 5) is 0. The van der Waals surface area contributed by atoms with Crippen LogP contribution >= 0.6 is 0 Å². The van der Waals surface area contributed by atoms with Crippen LogP contribution in [-0.4, -0.2) is 19.8 Å². The van der Waals surface area contributed by atoms with E-state index in [4.69, 9.17) is 5.84 Å². The third kappa shape index (κ3) is 1.63. The van der Waals surface area contributed by atoms with Crippen molar-refractivity contribution in [1.29, 1.82) is 0 Å². The molecule has 0 saturated heterocycles. The molecule has 0 radical (unpaired) electrons. The molecule has 0 fully saturated rings. The van der Waals surface area contributed by atoms with Crippen molar-refractivity contribution in [3.63, 3.8) is 0 Å². The summed E-state index contributed by atoms with van der Waals surface area (Å²) < 4.78 is 1.70. The van der Waals surface area contributed by atoms with Crippen LogP contribution < -0.4 is 11.3 Å². The molecule has 0 atom stereocenters. The summed E-state index contributed by atoms with van der Waals surface area (Å²) in [6.07, 6.45) is 0. The van der Waals surface area contributed by atoms with Gasteiger partial charge in [-0.05, 0) is 12.1 Å². The number of hydrogen-bond donors (Lipinski definition) is 2. The van der Waals surface area contributed by atoms with Crippen molar-refractivity contribution in [2.75, 3.05) is 5.43 Å². The van der Waals surface area contributed by atoms with Crippen LogP contribution in [0, 0.1) is 0 Å². The van der Waals surface area contributed by atoms with E-state index in [0.717, 1.165) is 11.5 Å². The van der Waals surface area contributed by atoms with Crippen molar-refractivity contribution < 1.29 is 0 Å². The fourth-order valence-electron chi connectivity index (χ4n) is 1.33. The van der Waals surface area contributed by atoms with Crippen molar-refractivity contribution in [1.82, 2.24) is 19.8 Å². The number of hydrazine groups is 1. The van der Waals surface area contributed by atoms with E-state index in [1.807, 2.05) is 6.07 Å². The molecule has 15 heavy (non-hydrogen) atoms. The third-order valence-corrected chi connectivity index (χ3v) is 2.08. The molecular formula is C9H14N6. The van der Waals surface area contributed by atoms with E-state index < -0.39 is 0 Å². The van der Waals surface area contributed by atoms with Crippen molar-refractivity contribution in [2.45, 2.75) is 26.2 Å². The van der Waals surface area contributed by atoms with Crippen LogP contribution in [-0.2, 0) is 5.41 Å². The third-order valence-electron chi connectivity index (χ3n) is 2.08. The quantitative estimate of drug-likeness (QED) is 0.530. The topological polar surface area (TPSA) is 81.1 Å². The Hall–Kier alpha value is -1.69. The molecule has 0 unspecified atom stereocenters.